The number of imidazole rings is 1. The highest BCUT2D eigenvalue weighted by atomic mass is 16.5. The number of likely N-dealkylation sites (N-methyl/N-ethyl adjacent to an activating group) is 1. The molecule has 0 bridgehead atoms. The lowest BCUT2D eigenvalue weighted by molar-refractivity contribution is -0.142. The summed E-state index contributed by atoms with van der Waals surface area (Å²) in [6.45, 7) is 4.14. The molecule has 1 aliphatic heterocycles. The van der Waals surface area contributed by atoms with Gasteiger partial charge >= 0.3 is 5.97 Å². The fraction of sp³-hybridized carbons (Fsp3) is 0.692. The van der Waals surface area contributed by atoms with Crippen LogP contribution in [0.4, 0.5) is 0 Å². The van der Waals surface area contributed by atoms with Gasteiger partial charge in [-0.15, -0.1) is 0 Å². The maximum absolute atomic E-state index is 11.6. The number of ether oxygens (including phenoxy) is 1. The molecule has 0 saturated carbocycles. The van der Waals surface area contributed by atoms with E-state index in [1.807, 2.05) is 13.1 Å². The number of aromatic amines is 1. The van der Waals surface area contributed by atoms with E-state index in [1.54, 1.807) is 0 Å². The molecule has 100 valence electrons. The zero-order valence-electron chi connectivity index (χ0n) is 11.3. The van der Waals surface area contributed by atoms with E-state index in [0.29, 0.717) is 12.3 Å². The van der Waals surface area contributed by atoms with Crippen LogP contribution in [0.25, 0.3) is 0 Å². The van der Waals surface area contributed by atoms with E-state index >= 15 is 0 Å². The maximum atomic E-state index is 11.6. The van der Waals surface area contributed by atoms with E-state index in [-0.39, 0.29) is 11.9 Å². The van der Waals surface area contributed by atoms with Gasteiger partial charge in [-0.2, -0.15) is 0 Å². The molecule has 2 unspecified atom stereocenters. The third kappa shape index (κ3) is 2.56. The minimum Gasteiger partial charge on any atom is -0.468 e. The van der Waals surface area contributed by atoms with Crippen LogP contribution in [0, 0.1) is 0 Å². The number of aromatic nitrogens is 2. The molecule has 0 spiro atoms. The average molecular weight is 251 g/mol. The molecular formula is C13H21N3O2. The Morgan fingerprint density at radius 2 is 2.50 bits per heavy atom. The number of nitrogens with zero attached hydrogens (tertiary/aromatic N) is 2. The predicted octanol–water partition coefficient (Wildman–Crippen LogP) is 1.50. The summed E-state index contributed by atoms with van der Waals surface area (Å²) in [6, 6.07) is 0. The second-order valence-corrected chi connectivity index (χ2v) is 4.96. The summed E-state index contributed by atoms with van der Waals surface area (Å²) in [6.07, 6.45) is 3.71. The Hall–Kier alpha value is -1.36. The van der Waals surface area contributed by atoms with Crippen LogP contribution in [0.3, 0.4) is 0 Å². The highest BCUT2D eigenvalue weighted by Gasteiger charge is 2.26. The molecule has 1 aliphatic rings. The van der Waals surface area contributed by atoms with Crippen LogP contribution in [0.5, 0.6) is 0 Å². The van der Waals surface area contributed by atoms with Gasteiger partial charge in [0.25, 0.3) is 0 Å². The molecule has 2 heterocycles. The van der Waals surface area contributed by atoms with E-state index in [1.165, 1.54) is 7.11 Å². The quantitative estimate of drug-likeness (QED) is 0.824. The number of carbonyl (C=O) groups is 1. The van der Waals surface area contributed by atoms with Gasteiger partial charge in [-0.05, 0) is 26.4 Å². The third-order valence-corrected chi connectivity index (χ3v) is 3.67. The highest BCUT2D eigenvalue weighted by Crippen LogP contribution is 2.26. The lowest BCUT2D eigenvalue weighted by Crippen LogP contribution is -2.15. The summed E-state index contributed by atoms with van der Waals surface area (Å²) in [5.41, 5.74) is 1.14. The van der Waals surface area contributed by atoms with Gasteiger partial charge in [0, 0.05) is 24.4 Å². The number of hydrogen-bond donors (Lipinski definition) is 1. The maximum Gasteiger partial charge on any atom is 0.316 e. The Bertz CT molecular complexity index is 416. The van der Waals surface area contributed by atoms with Gasteiger partial charge < -0.3 is 14.6 Å². The van der Waals surface area contributed by atoms with Gasteiger partial charge in [-0.3, -0.25) is 4.79 Å². The molecule has 0 aliphatic carbocycles. The van der Waals surface area contributed by atoms with Crippen LogP contribution in [-0.2, 0) is 9.53 Å². The number of carbonyl (C=O) groups excluding carboxylic acids is 1. The summed E-state index contributed by atoms with van der Waals surface area (Å²) in [4.78, 5) is 21.6. The zero-order chi connectivity index (χ0) is 13.1. The summed E-state index contributed by atoms with van der Waals surface area (Å²) >= 11 is 0. The van der Waals surface area contributed by atoms with Crippen molar-refractivity contribution in [2.45, 2.75) is 31.6 Å². The number of H-pyrrole nitrogens is 1. The second kappa shape index (κ2) is 5.52. The van der Waals surface area contributed by atoms with E-state index in [2.05, 4.69) is 21.9 Å². The van der Waals surface area contributed by atoms with Crippen molar-refractivity contribution in [2.24, 2.45) is 0 Å². The SMILES string of the molecule is CCC(C(=O)OC)c1ncc(C2CCN(C)C2)[nH]1. The van der Waals surface area contributed by atoms with Gasteiger partial charge in [0.15, 0.2) is 0 Å². The Labute approximate surface area is 108 Å². The molecule has 1 N–H and O–H groups in total. The molecule has 1 saturated heterocycles. The summed E-state index contributed by atoms with van der Waals surface area (Å²) in [5.74, 6) is 0.741. The minimum atomic E-state index is -0.275. The molecule has 5 heteroatoms. The second-order valence-electron chi connectivity index (χ2n) is 4.96. The number of hydrogen-bond acceptors (Lipinski definition) is 4. The summed E-state index contributed by atoms with van der Waals surface area (Å²) in [5, 5.41) is 0. The van der Waals surface area contributed by atoms with Gasteiger partial charge in [-0.25, -0.2) is 4.98 Å². The lowest BCUT2D eigenvalue weighted by atomic mass is 10.1. The van der Waals surface area contributed by atoms with Crippen molar-refractivity contribution in [1.82, 2.24) is 14.9 Å². The molecule has 18 heavy (non-hydrogen) atoms. The molecule has 0 aromatic carbocycles. The number of nitrogens with one attached hydrogen (secondary N) is 1. The first-order chi connectivity index (χ1) is 8.65. The Morgan fingerprint density at radius 1 is 1.72 bits per heavy atom. The number of rotatable bonds is 4. The standard InChI is InChI=1S/C13H21N3O2/c1-4-10(13(17)18-3)12-14-7-11(15-12)9-5-6-16(2)8-9/h7,9-10H,4-6,8H2,1-3H3,(H,14,15). The molecule has 1 aromatic rings. The van der Waals surface area contributed by atoms with Crippen LogP contribution in [-0.4, -0.2) is 48.1 Å². The van der Waals surface area contributed by atoms with Gasteiger partial charge in [0.1, 0.15) is 11.7 Å². The third-order valence-electron chi connectivity index (χ3n) is 3.67. The Balaban J connectivity index is 2.11. The first kappa shape index (κ1) is 13.1. The molecule has 1 aromatic heterocycles. The van der Waals surface area contributed by atoms with E-state index in [4.69, 9.17) is 4.74 Å². The van der Waals surface area contributed by atoms with Crippen molar-refractivity contribution in [3.8, 4) is 0 Å². The van der Waals surface area contributed by atoms with Crippen molar-refractivity contribution in [1.29, 1.82) is 0 Å². The lowest BCUT2D eigenvalue weighted by Gasteiger charge is -2.10. The largest absolute Gasteiger partial charge is 0.468 e. The molecule has 2 rings (SSSR count). The number of esters is 1. The number of likely N-dealkylation sites (tertiary alicyclic amines) is 1. The van der Waals surface area contributed by atoms with Gasteiger partial charge in [0.2, 0.25) is 0 Å². The van der Waals surface area contributed by atoms with E-state index < -0.39 is 0 Å². The van der Waals surface area contributed by atoms with E-state index in [0.717, 1.165) is 31.0 Å². The fourth-order valence-electron chi connectivity index (χ4n) is 2.54. The van der Waals surface area contributed by atoms with Crippen molar-refractivity contribution < 1.29 is 9.53 Å². The molecule has 5 nitrogen and oxygen atoms in total. The van der Waals surface area contributed by atoms with Crippen LogP contribution in [0.2, 0.25) is 0 Å². The normalized spacial score (nSPS) is 22.1. The molecule has 1 fully saturated rings. The minimum absolute atomic E-state index is 0.220. The Kier molecular flexibility index (Phi) is 4.01. The van der Waals surface area contributed by atoms with Crippen LogP contribution in [0.1, 0.15) is 43.1 Å². The monoisotopic (exact) mass is 251 g/mol. The molecule has 0 radical (unpaired) electrons. The van der Waals surface area contributed by atoms with E-state index in [9.17, 15) is 4.79 Å². The van der Waals surface area contributed by atoms with Crippen LogP contribution >= 0.6 is 0 Å². The predicted molar refractivity (Wildman–Crippen MR) is 68.5 cm³/mol. The first-order valence-electron chi connectivity index (χ1n) is 6.46. The summed E-state index contributed by atoms with van der Waals surface area (Å²) < 4.78 is 4.80. The topological polar surface area (TPSA) is 58.2 Å². The van der Waals surface area contributed by atoms with Gasteiger partial charge in [-0.1, -0.05) is 6.92 Å². The van der Waals surface area contributed by atoms with Crippen LogP contribution < -0.4 is 0 Å². The fourth-order valence-corrected chi connectivity index (χ4v) is 2.54. The summed E-state index contributed by atoms with van der Waals surface area (Å²) in [7, 11) is 3.54. The zero-order valence-corrected chi connectivity index (χ0v) is 11.3. The molecule has 0 amide bonds. The molecule has 2 atom stereocenters. The van der Waals surface area contributed by atoms with Crippen molar-refractivity contribution in [3.63, 3.8) is 0 Å². The average Bonchev–Trinajstić information content (AvgIpc) is 2.98. The van der Waals surface area contributed by atoms with Gasteiger partial charge in [0.05, 0.1) is 7.11 Å². The van der Waals surface area contributed by atoms with Crippen molar-refractivity contribution in [2.75, 3.05) is 27.2 Å². The molecular weight excluding hydrogens is 230 g/mol. The Morgan fingerprint density at radius 3 is 3.06 bits per heavy atom. The smallest absolute Gasteiger partial charge is 0.316 e. The number of methoxy groups -OCH3 is 1. The van der Waals surface area contributed by atoms with Crippen molar-refractivity contribution in [3.05, 3.63) is 17.7 Å². The first-order valence-corrected chi connectivity index (χ1v) is 6.46. The van der Waals surface area contributed by atoms with Crippen LogP contribution in [0.15, 0.2) is 6.20 Å². The highest BCUT2D eigenvalue weighted by molar-refractivity contribution is 5.76. The van der Waals surface area contributed by atoms with Crippen molar-refractivity contribution >= 4 is 5.97 Å².